The number of hydrogen-bond acceptors (Lipinski definition) is 2. The van der Waals surface area contributed by atoms with E-state index in [4.69, 9.17) is 0 Å². The number of amides is 1. The van der Waals surface area contributed by atoms with Crippen LogP contribution in [0.4, 0.5) is 0 Å². The van der Waals surface area contributed by atoms with Crippen molar-refractivity contribution >= 4 is 5.91 Å². The van der Waals surface area contributed by atoms with E-state index in [1.165, 1.54) is 6.42 Å². The summed E-state index contributed by atoms with van der Waals surface area (Å²) in [7, 11) is 0. The van der Waals surface area contributed by atoms with E-state index in [1.54, 1.807) is 0 Å². The van der Waals surface area contributed by atoms with Crippen LogP contribution in [-0.4, -0.2) is 25.0 Å². The second kappa shape index (κ2) is 4.34. The predicted molar refractivity (Wildman–Crippen MR) is 44.3 cm³/mol. The summed E-state index contributed by atoms with van der Waals surface area (Å²) in [5.74, 6) is 0.157. The molecule has 0 aromatic carbocycles. The van der Waals surface area contributed by atoms with Gasteiger partial charge in [-0.1, -0.05) is 6.92 Å². The van der Waals surface area contributed by atoms with Crippen molar-refractivity contribution in [2.24, 2.45) is 0 Å². The highest BCUT2D eigenvalue weighted by Gasteiger charge is 2.15. The van der Waals surface area contributed by atoms with Crippen LogP contribution in [0.3, 0.4) is 0 Å². The largest absolute Gasteiger partial charge is 0.356 e. The molecule has 0 spiro atoms. The molecular weight excluding hydrogens is 140 g/mol. The van der Waals surface area contributed by atoms with Crippen LogP contribution in [-0.2, 0) is 4.79 Å². The molecule has 1 heterocycles. The Morgan fingerprint density at radius 3 is 2.91 bits per heavy atom. The van der Waals surface area contributed by atoms with E-state index in [1.807, 2.05) is 6.92 Å². The zero-order chi connectivity index (χ0) is 8.10. The lowest BCUT2D eigenvalue weighted by molar-refractivity contribution is -0.120. The van der Waals surface area contributed by atoms with Crippen molar-refractivity contribution in [3.05, 3.63) is 0 Å². The maximum atomic E-state index is 10.8. The summed E-state index contributed by atoms with van der Waals surface area (Å²) in [5, 5.41) is 6.14. The molecule has 0 radical (unpaired) electrons. The minimum Gasteiger partial charge on any atom is -0.356 e. The fraction of sp³-hybridized carbons (Fsp3) is 0.875. The quantitative estimate of drug-likeness (QED) is 0.613. The first-order valence-corrected chi connectivity index (χ1v) is 4.33. The topological polar surface area (TPSA) is 41.1 Å². The van der Waals surface area contributed by atoms with Gasteiger partial charge in [-0.2, -0.15) is 0 Å². The number of rotatable bonds is 4. The minimum absolute atomic E-state index is 0.157. The smallest absolute Gasteiger partial charge is 0.219 e. The third-order valence-electron chi connectivity index (χ3n) is 2.06. The van der Waals surface area contributed by atoms with Crippen molar-refractivity contribution in [2.45, 2.75) is 32.2 Å². The normalized spacial score (nSPS) is 22.5. The van der Waals surface area contributed by atoms with Gasteiger partial charge in [0.2, 0.25) is 5.91 Å². The van der Waals surface area contributed by atoms with Crippen molar-refractivity contribution in [3.63, 3.8) is 0 Å². The molecule has 0 aromatic rings. The van der Waals surface area contributed by atoms with Crippen LogP contribution in [0.1, 0.15) is 26.2 Å². The molecule has 0 saturated carbocycles. The monoisotopic (exact) mass is 156 g/mol. The van der Waals surface area contributed by atoms with Gasteiger partial charge in [0.25, 0.3) is 0 Å². The van der Waals surface area contributed by atoms with E-state index in [2.05, 4.69) is 10.6 Å². The Hall–Kier alpha value is -0.570. The highest BCUT2D eigenvalue weighted by atomic mass is 16.1. The lowest BCUT2D eigenvalue weighted by Gasteiger charge is -2.27. The van der Waals surface area contributed by atoms with Crippen LogP contribution in [0.25, 0.3) is 0 Å². The van der Waals surface area contributed by atoms with Crippen LogP contribution in [0.2, 0.25) is 0 Å². The lowest BCUT2D eigenvalue weighted by atomic mass is 10.0. The molecule has 0 aliphatic carbocycles. The molecular formula is C8H16N2O. The van der Waals surface area contributed by atoms with Gasteiger partial charge in [-0.3, -0.25) is 4.79 Å². The Bertz CT molecular complexity index is 132. The van der Waals surface area contributed by atoms with Gasteiger partial charge in [-0.05, 0) is 19.4 Å². The van der Waals surface area contributed by atoms with E-state index in [-0.39, 0.29) is 5.91 Å². The molecule has 3 nitrogen and oxygen atoms in total. The second-order valence-electron chi connectivity index (χ2n) is 2.93. The van der Waals surface area contributed by atoms with E-state index in [9.17, 15) is 4.79 Å². The van der Waals surface area contributed by atoms with Crippen LogP contribution < -0.4 is 10.6 Å². The third kappa shape index (κ3) is 2.89. The van der Waals surface area contributed by atoms with Crippen molar-refractivity contribution in [1.82, 2.24) is 10.6 Å². The van der Waals surface area contributed by atoms with Gasteiger partial charge in [0.15, 0.2) is 0 Å². The third-order valence-corrected chi connectivity index (χ3v) is 2.06. The van der Waals surface area contributed by atoms with Crippen molar-refractivity contribution in [1.29, 1.82) is 0 Å². The second-order valence-corrected chi connectivity index (χ2v) is 2.93. The summed E-state index contributed by atoms with van der Waals surface area (Å²) >= 11 is 0. The number of carbonyl (C=O) groups excluding carboxylic acids is 1. The molecule has 1 unspecified atom stereocenters. The van der Waals surface area contributed by atoms with Gasteiger partial charge in [0.05, 0.1) is 0 Å². The summed E-state index contributed by atoms with van der Waals surface area (Å²) in [6, 6.07) is 0.659. The van der Waals surface area contributed by atoms with Gasteiger partial charge in [-0.25, -0.2) is 0 Å². The zero-order valence-electron chi connectivity index (χ0n) is 7.02. The molecule has 1 aliphatic heterocycles. The molecule has 1 fully saturated rings. The molecule has 1 atom stereocenters. The van der Waals surface area contributed by atoms with Crippen LogP contribution in [0, 0.1) is 0 Å². The van der Waals surface area contributed by atoms with Gasteiger partial charge in [0, 0.05) is 19.0 Å². The highest BCUT2D eigenvalue weighted by Crippen LogP contribution is 2.04. The van der Waals surface area contributed by atoms with Crippen molar-refractivity contribution in [3.8, 4) is 0 Å². The van der Waals surface area contributed by atoms with Crippen molar-refractivity contribution in [2.75, 3.05) is 13.1 Å². The molecule has 1 saturated heterocycles. The van der Waals surface area contributed by atoms with Gasteiger partial charge < -0.3 is 10.6 Å². The zero-order valence-corrected chi connectivity index (χ0v) is 7.02. The summed E-state index contributed by atoms with van der Waals surface area (Å²) < 4.78 is 0. The maximum Gasteiger partial charge on any atom is 0.219 e. The van der Waals surface area contributed by atoms with E-state index >= 15 is 0 Å². The molecule has 1 aliphatic rings. The SMILES string of the molecule is CCC(=O)NCCC1CCN1. The predicted octanol–water partition coefficient (Wildman–Crippen LogP) is 0.265. The first-order valence-electron chi connectivity index (χ1n) is 4.33. The molecule has 0 bridgehead atoms. The van der Waals surface area contributed by atoms with E-state index < -0.39 is 0 Å². The van der Waals surface area contributed by atoms with Crippen LogP contribution in [0.5, 0.6) is 0 Å². The van der Waals surface area contributed by atoms with Crippen molar-refractivity contribution < 1.29 is 4.79 Å². The van der Waals surface area contributed by atoms with Gasteiger partial charge in [0.1, 0.15) is 0 Å². The fourth-order valence-corrected chi connectivity index (χ4v) is 1.11. The van der Waals surface area contributed by atoms with E-state index in [0.717, 1.165) is 19.5 Å². The minimum atomic E-state index is 0.157. The molecule has 64 valence electrons. The van der Waals surface area contributed by atoms with Gasteiger partial charge >= 0.3 is 0 Å². The Balaban J connectivity index is 1.90. The number of nitrogens with one attached hydrogen (secondary N) is 2. The molecule has 1 amide bonds. The summed E-state index contributed by atoms with van der Waals surface area (Å²) in [6.07, 6.45) is 2.94. The highest BCUT2D eigenvalue weighted by molar-refractivity contribution is 5.75. The molecule has 3 heteroatoms. The Labute approximate surface area is 67.5 Å². The summed E-state index contributed by atoms with van der Waals surface area (Å²) in [5.41, 5.74) is 0. The maximum absolute atomic E-state index is 10.8. The molecule has 0 aromatic heterocycles. The van der Waals surface area contributed by atoms with Gasteiger partial charge in [-0.15, -0.1) is 0 Å². The number of carbonyl (C=O) groups is 1. The summed E-state index contributed by atoms with van der Waals surface area (Å²) in [4.78, 5) is 10.8. The summed E-state index contributed by atoms with van der Waals surface area (Å²) in [6.45, 7) is 3.84. The Kier molecular flexibility index (Phi) is 3.36. The van der Waals surface area contributed by atoms with Crippen LogP contribution >= 0.6 is 0 Å². The average Bonchev–Trinajstić information content (AvgIpc) is 1.94. The molecule has 11 heavy (non-hydrogen) atoms. The van der Waals surface area contributed by atoms with E-state index in [0.29, 0.717) is 12.5 Å². The standard InChI is InChI=1S/C8H16N2O/c1-2-8(11)10-6-4-7-3-5-9-7/h7,9H,2-6H2,1H3,(H,10,11). The lowest BCUT2D eigenvalue weighted by Crippen LogP contribution is -2.44. The average molecular weight is 156 g/mol. The molecule has 1 rings (SSSR count). The Morgan fingerprint density at radius 1 is 1.73 bits per heavy atom. The first kappa shape index (κ1) is 8.53. The Morgan fingerprint density at radius 2 is 2.45 bits per heavy atom. The van der Waals surface area contributed by atoms with Crippen LogP contribution in [0.15, 0.2) is 0 Å². The first-order chi connectivity index (χ1) is 5.33. The number of hydrogen-bond donors (Lipinski definition) is 2. The molecule has 2 N–H and O–H groups in total. The fourth-order valence-electron chi connectivity index (χ4n) is 1.11.